The van der Waals surface area contributed by atoms with Crippen molar-refractivity contribution in [3.8, 4) is 5.82 Å². The van der Waals surface area contributed by atoms with Gasteiger partial charge in [0, 0.05) is 11.9 Å². The highest BCUT2D eigenvalue weighted by atomic mass is 16.6. The summed E-state index contributed by atoms with van der Waals surface area (Å²) in [4.78, 5) is 23.3. The first-order chi connectivity index (χ1) is 11.5. The lowest BCUT2D eigenvalue weighted by molar-refractivity contribution is -0.384. The van der Waals surface area contributed by atoms with Crippen molar-refractivity contribution in [1.82, 2.24) is 24.7 Å². The summed E-state index contributed by atoms with van der Waals surface area (Å²) < 4.78 is 1.43. The Morgan fingerprint density at radius 2 is 1.96 bits per heavy atom. The molecule has 0 fully saturated rings. The molecule has 0 aliphatic carbocycles. The molecule has 3 aromatic rings. The second-order valence-electron chi connectivity index (χ2n) is 5.33. The lowest BCUT2D eigenvalue weighted by Gasteiger charge is -2.09. The summed E-state index contributed by atoms with van der Waals surface area (Å²) in [6.07, 6.45) is 2.88. The highest BCUT2D eigenvalue weighted by Gasteiger charge is 2.26. The standard InChI is InChI=1S/C15H15N7O2/c1-9-4-5-16-12(6-9)19-14-13(22(23)24)15(18-8-17-14)21-11(3)7-10(2)20-21/h4-8H,1-3H3,(H,16,17,18,19). The van der Waals surface area contributed by atoms with Crippen molar-refractivity contribution in [2.75, 3.05) is 5.32 Å². The van der Waals surface area contributed by atoms with Gasteiger partial charge in [-0.1, -0.05) is 0 Å². The summed E-state index contributed by atoms with van der Waals surface area (Å²) >= 11 is 0. The topological polar surface area (TPSA) is 112 Å². The Morgan fingerprint density at radius 1 is 1.17 bits per heavy atom. The molecule has 0 radical (unpaired) electrons. The highest BCUT2D eigenvalue weighted by molar-refractivity contribution is 5.69. The average molecular weight is 325 g/mol. The van der Waals surface area contributed by atoms with Crippen LogP contribution in [0.4, 0.5) is 17.3 Å². The molecule has 0 bridgehead atoms. The number of aromatic nitrogens is 5. The molecule has 9 heteroatoms. The van der Waals surface area contributed by atoms with Crippen molar-refractivity contribution in [3.05, 3.63) is 57.8 Å². The van der Waals surface area contributed by atoms with Crippen molar-refractivity contribution in [1.29, 1.82) is 0 Å². The third kappa shape index (κ3) is 2.91. The van der Waals surface area contributed by atoms with E-state index in [9.17, 15) is 10.1 Å². The van der Waals surface area contributed by atoms with E-state index in [1.165, 1.54) is 11.0 Å². The smallest absolute Gasteiger partial charge is 0.319 e. The Morgan fingerprint density at radius 3 is 2.58 bits per heavy atom. The highest BCUT2D eigenvalue weighted by Crippen LogP contribution is 2.30. The van der Waals surface area contributed by atoms with E-state index in [1.54, 1.807) is 19.2 Å². The van der Waals surface area contributed by atoms with Crippen LogP contribution in [0.15, 0.2) is 30.7 Å². The van der Waals surface area contributed by atoms with E-state index in [-0.39, 0.29) is 17.3 Å². The molecule has 3 aromatic heterocycles. The maximum atomic E-state index is 11.6. The monoisotopic (exact) mass is 325 g/mol. The van der Waals surface area contributed by atoms with E-state index < -0.39 is 4.92 Å². The Balaban J connectivity index is 2.12. The number of nitro groups is 1. The minimum absolute atomic E-state index is 0.0654. The fourth-order valence-corrected chi connectivity index (χ4v) is 2.35. The van der Waals surface area contributed by atoms with Gasteiger partial charge in [0.2, 0.25) is 11.6 Å². The van der Waals surface area contributed by atoms with Gasteiger partial charge in [0.1, 0.15) is 12.1 Å². The van der Waals surface area contributed by atoms with E-state index in [4.69, 9.17) is 0 Å². The zero-order chi connectivity index (χ0) is 17.3. The molecule has 0 aliphatic rings. The van der Waals surface area contributed by atoms with Crippen molar-refractivity contribution < 1.29 is 4.92 Å². The lowest BCUT2D eigenvalue weighted by atomic mass is 10.3. The summed E-state index contributed by atoms with van der Waals surface area (Å²) in [5.74, 6) is 0.641. The molecular formula is C15H15N7O2. The molecule has 122 valence electrons. The predicted octanol–water partition coefficient (Wildman–Crippen LogP) is 2.63. The maximum Gasteiger partial charge on any atom is 0.356 e. The zero-order valence-corrected chi connectivity index (χ0v) is 13.4. The van der Waals surface area contributed by atoms with E-state index >= 15 is 0 Å². The number of rotatable bonds is 4. The van der Waals surface area contributed by atoms with Crippen LogP contribution in [-0.4, -0.2) is 29.7 Å². The fraction of sp³-hybridized carbons (Fsp3) is 0.200. The Kier molecular flexibility index (Phi) is 3.90. The number of nitrogens with zero attached hydrogens (tertiary/aromatic N) is 6. The molecule has 9 nitrogen and oxygen atoms in total. The van der Waals surface area contributed by atoms with Crippen LogP contribution in [0.5, 0.6) is 0 Å². The van der Waals surface area contributed by atoms with Crippen molar-refractivity contribution in [3.63, 3.8) is 0 Å². The second kappa shape index (κ2) is 6.03. The van der Waals surface area contributed by atoms with Crippen LogP contribution in [0, 0.1) is 30.9 Å². The van der Waals surface area contributed by atoms with Gasteiger partial charge in [-0.15, -0.1) is 0 Å². The van der Waals surface area contributed by atoms with Gasteiger partial charge < -0.3 is 5.32 Å². The minimum Gasteiger partial charge on any atom is -0.319 e. The first-order valence-corrected chi connectivity index (χ1v) is 7.18. The van der Waals surface area contributed by atoms with E-state index in [0.717, 1.165) is 17.0 Å². The molecule has 3 rings (SSSR count). The van der Waals surface area contributed by atoms with Crippen molar-refractivity contribution >= 4 is 17.3 Å². The Hall–Kier alpha value is -3.36. The van der Waals surface area contributed by atoms with E-state index in [1.807, 2.05) is 26.0 Å². The minimum atomic E-state index is -0.524. The number of nitrogens with one attached hydrogen (secondary N) is 1. The van der Waals surface area contributed by atoms with Crippen LogP contribution in [0.2, 0.25) is 0 Å². The first kappa shape index (κ1) is 15.5. The van der Waals surface area contributed by atoms with Crippen LogP contribution in [0.3, 0.4) is 0 Å². The molecule has 0 saturated carbocycles. The maximum absolute atomic E-state index is 11.6. The predicted molar refractivity (Wildman–Crippen MR) is 87.5 cm³/mol. The average Bonchev–Trinajstić information content (AvgIpc) is 2.85. The summed E-state index contributed by atoms with van der Waals surface area (Å²) in [7, 11) is 0. The number of aryl methyl sites for hydroxylation is 3. The quantitative estimate of drug-likeness (QED) is 0.579. The molecule has 0 atom stereocenters. The lowest BCUT2D eigenvalue weighted by Crippen LogP contribution is -2.10. The number of hydrogen-bond donors (Lipinski definition) is 1. The molecule has 0 aliphatic heterocycles. The molecular weight excluding hydrogens is 310 g/mol. The second-order valence-corrected chi connectivity index (χ2v) is 5.33. The molecule has 24 heavy (non-hydrogen) atoms. The van der Waals surface area contributed by atoms with Gasteiger partial charge in [0.15, 0.2) is 0 Å². The Labute approximate surface area is 137 Å². The summed E-state index contributed by atoms with van der Waals surface area (Å²) in [6.45, 7) is 5.52. The third-order valence-electron chi connectivity index (χ3n) is 3.36. The largest absolute Gasteiger partial charge is 0.356 e. The molecule has 3 heterocycles. The van der Waals surface area contributed by atoms with Gasteiger partial charge >= 0.3 is 5.69 Å². The molecule has 0 spiro atoms. The molecule has 0 saturated heterocycles. The Bertz CT molecular complexity index is 920. The summed E-state index contributed by atoms with van der Waals surface area (Å²) in [5.41, 5.74) is 2.21. The van der Waals surface area contributed by atoms with Crippen LogP contribution >= 0.6 is 0 Å². The van der Waals surface area contributed by atoms with Gasteiger partial charge in [-0.25, -0.2) is 19.6 Å². The van der Waals surface area contributed by atoms with Crippen LogP contribution < -0.4 is 5.32 Å². The molecule has 0 aromatic carbocycles. The molecule has 0 unspecified atom stereocenters. The summed E-state index contributed by atoms with van der Waals surface area (Å²) in [5, 5.41) is 18.8. The first-order valence-electron chi connectivity index (χ1n) is 7.18. The van der Waals surface area contributed by atoms with E-state index in [2.05, 4.69) is 25.4 Å². The van der Waals surface area contributed by atoms with Gasteiger partial charge in [-0.2, -0.15) is 5.10 Å². The van der Waals surface area contributed by atoms with Gasteiger partial charge in [-0.05, 0) is 44.5 Å². The van der Waals surface area contributed by atoms with Crippen molar-refractivity contribution in [2.45, 2.75) is 20.8 Å². The fourth-order valence-electron chi connectivity index (χ4n) is 2.35. The van der Waals surface area contributed by atoms with Crippen molar-refractivity contribution in [2.24, 2.45) is 0 Å². The number of pyridine rings is 1. The normalized spacial score (nSPS) is 10.6. The zero-order valence-electron chi connectivity index (χ0n) is 13.4. The summed E-state index contributed by atoms with van der Waals surface area (Å²) in [6, 6.07) is 5.43. The van der Waals surface area contributed by atoms with Crippen LogP contribution in [-0.2, 0) is 0 Å². The number of hydrogen-bond acceptors (Lipinski definition) is 7. The third-order valence-corrected chi connectivity index (χ3v) is 3.36. The SMILES string of the molecule is Cc1ccnc(Nc2ncnc(-n3nc(C)cc3C)c2[N+](=O)[O-])c1. The van der Waals surface area contributed by atoms with Crippen LogP contribution in [0.25, 0.3) is 5.82 Å². The molecule has 0 amide bonds. The van der Waals surface area contributed by atoms with Gasteiger partial charge in [0.25, 0.3) is 0 Å². The number of anilines is 2. The van der Waals surface area contributed by atoms with Gasteiger partial charge in [-0.3, -0.25) is 10.1 Å². The molecule has 1 N–H and O–H groups in total. The van der Waals surface area contributed by atoms with Gasteiger partial charge in [0.05, 0.1) is 10.6 Å². The van der Waals surface area contributed by atoms with Crippen LogP contribution in [0.1, 0.15) is 17.0 Å². The van der Waals surface area contributed by atoms with E-state index in [0.29, 0.717) is 5.82 Å².